The monoisotopic (exact) mass is 1380 g/mol. The molecule has 9 amide bonds. The number of amides is 9. The van der Waals surface area contributed by atoms with E-state index in [0.29, 0.717) is 18.4 Å². The van der Waals surface area contributed by atoms with Crippen molar-refractivity contribution in [1.82, 2.24) is 46.2 Å². The van der Waals surface area contributed by atoms with E-state index in [9.17, 15) is 58.5 Å². The summed E-state index contributed by atoms with van der Waals surface area (Å²) in [6.07, 6.45) is 3.04. The summed E-state index contributed by atoms with van der Waals surface area (Å²) >= 11 is 2.09. The first-order chi connectivity index (χ1) is 43.4. The number of carbonyl (C=O) groups excluding carboxylic acids is 9. The highest BCUT2D eigenvalue weighted by atomic mass is 127. The summed E-state index contributed by atoms with van der Waals surface area (Å²) in [4.78, 5) is 158. The number of halogens is 1. The molecule has 4 heterocycles. The van der Waals surface area contributed by atoms with Gasteiger partial charge in [0.05, 0.1) is 19.3 Å². The average Bonchev–Trinajstić information content (AvgIpc) is 1.86. The molecule has 32 heteroatoms. The summed E-state index contributed by atoms with van der Waals surface area (Å²) in [7, 11) is 0. The smallest absolute Gasteiger partial charge is 0.326 e. The van der Waals surface area contributed by atoms with Crippen LogP contribution in [0.4, 0.5) is 0 Å². The maximum Gasteiger partial charge on any atom is 0.326 e. The number of hydrogen-bond donors (Lipinski definition) is 14. The Hall–Kier alpha value is -8.40. The van der Waals surface area contributed by atoms with Gasteiger partial charge in [-0.1, -0.05) is 37.1 Å². The molecular formula is C59H85IN18O13. The van der Waals surface area contributed by atoms with Crippen molar-refractivity contribution in [3.63, 3.8) is 0 Å². The molecule has 0 unspecified atom stereocenters. The minimum absolute atomic E-state index is 0.00127. The van der Waals surface area contributed by atoms with E-state index in [1.165, 1.54) is 14.7 Å². The third-order valence-electron chi connectivity index (χ3n) is 17.2. The lowest BCUT2D eigenvalue weighted by atomic mass is 9.84. The van der Waals surface area contributed by atoms with Gasteiger partial charge in [0.2, 0.25) is 47.3 Å². The lowest BCUT2D eigenvalue weighted by Crippen LogP contribution is -2.62. The summed E-state index contributed by atoms with van der Waals surface area (Å²) in [6.45, 7) is -1.71. The number of hydrogen-bond acceptors (Lipinski definition) is 15. The molecule has 0 spiro atoms. The molecule has 4 fully saturated rings. The number of nitrogens with two attached hydrogens (primary N) is 6. The first-order valence-corrected chi connectivity index (χ1v) is 31.8. The number of fused-ring (bicyclic) bond motifs is 2. The van der Waals surface area contributed by atoms with Crippen molar-refractivity contribution in [3.05, 3.63) is 68.8 Å². The molecule has 91 heavy (non-hydrogen) atoms. The number of aliphatic imine (C=N–C) groups is 3. The van der Waals surface area contributed by atoms with Crippen molar-refractivity contribution >= 4 is 99.6 Å². The van der Waals surface area contributed by atoms with Crippen LogP contribution in [-0.4, -0.2) is 218 Å². The molecule has 31 nitrogen and oxygen atoms in total. The van der Waals surface area contributed by atoms with E-state index in [1.54, 1.807) is 42.5 Å². The van der Waals surface area contributed by atoms with Gasteiger partial charge < -0.3 is 95.9 Å². The summed E-state index contributed by atoms with van der Waals surface area (Å²) in [6, 6.07) is 3.23. The van der Waals surface area contributed by atoms with Crippen molar-refractivity contribution in [2.45, 2.75) is 163 Å². The summed E-state index contributed by atoms with van der Waals surface area (Å²) in [5.41, 5.74) is 34.7. The number of β-amino-alcohol motifs (C(OH)–C–C–N with tert-alkyl or cyclic N) is 1. The van der Waals surface area contributed by atoms with Crippen molar-refractivity contribution in [3.8, 4) is 0 Å². The van der Waals surface area contributed by atoms with Crippen molar-refractivity contribution < 1.29 is 63.3 Å². The third kappa shape index (κ3) is 18.9. The van der Waals surface area contributed by atoms with Gasteiger partial charge in [-0.15, -0.1) is 0 Å². The number of rotatable bonds is 28. The van der Waals surface area contributed by atoms with Crippen molar-refractivity contribution in [1.29, 1.82) is 0 Å². The number of likely N-dealkylation sites (tertiary alicyclic amines) is 3. The fraction of sp³-hybridized carbons (Fsp3) is 0.576. The van der Waals surface area contributed by atoms with Crippen molar-refractivity contribution in [2.75, 3.05) is 45.9 Å². The zero-order chi connectivity index (χ0) is 66.1. The predicted octanol–water partition coefficient (Wildman–Crippen LogP) is -3.74. The fourth-order valence-corrected chi connectivity index (χ4v) is 13.1. The second-order valence-electron chi connectivity index (χ2n) is 23.5. The Morgan fingerprint density at radius 3 is 1.84 bits per heavy atom. The standard InChI is InChI=1S/C59H85IN18O13/c60-36-19-17-32(18-20-36)48(82)72-38(12-5-21-67-57(61)62)49(83)73-39(13-6-22-68-58(63)64)52(86)75-24-8-16-43(75)54(88)77-30-37(80)27-44(77)50(84)70-28-47(81)71-41(31-79)53(87)76-29-35-11-2-1-9-33(35)25-46(76)55(89)78-42-15-4-3-10-34(42)26-45(78)51(85)74-40(56(90)91)14-7-23-69-59(65)66/h1-2,9,11,17-20,34,37-46,79-80H,3-8,10,12-16,21-31H2,(H,70,84)(H,71,81)(H,72,82)(H,73,83)(H,74,85)(H,90,91)(H4,61,62,67)(H4,63,64,68)(H4,65,66,69)/t34-,37+,38+,39-,40-,41-,42-,43-,44-,45-,46+/m0/s1. The first-order valence-electron chi connectivity index (χ1n) is 30.7. The number of guanidine groups is 3. The lowest BCUT2D eigenvalue weighted by Gasteiger charge is -2.42. The number of benzene rings is 2. The Morgan fingerprint density at radius 1 is 0.604 bits per heavy atom. The molecule has 2 aromatic carbocycles. The van der Waals surface area contributed by atoms with Crippen LogP contribution in [0.3, 0.4) is 0 Å². The normalized spacial score (nSPS) is 22.1. The number of carboxylic acids is 1. The average molecular weight is 1380 g/mol. The van der Waals surface area contributed by atoms with E-state index in [2.05, 4.69) is 64.2 Å². The van der Waals surface area contributed by atoms with Gasteiger partial charge in [-0.05, 0) is 135 Å². The topological polar surface area (TPSA) is 498 Å². The molecule has 7 rings (SSSR count). The second-order valence-corrected chi connectivity index (χ2v) is 24.8. The Kier molecular flexibility index (Phi) is 25.5. The highest BCUT2D eigenvalue weighted by Crippen LogP contribution is 2.41. The molecule has 4 aliphatic heterocycles. The largest absolute Gasteiger partial charge is 0.480 e. The predicted molar refractivity (Wildman–Crippen MR) is 340 cm³/mol. The Morgan fingerprint density at radius 2 is 1.21 bits per heavy atom. The number of nitrogens with one attached hydrogen (secondary N) is 5. The molecule has 0 aromatic heterocycles. The molecule has 1 saturated carbocycles. The first kappa shape index (κ1) is 70.1. The van der Waals surface area contributed by atoms with Gasteiger partial charge in [0, 0.05) is 67.3 Å². The van der Waals surface area contributed by atoms with Crippen LogP contribution >= 0.6 is 22.6 Å². The Labute approximate surface area is 539 Å². The van der Waals surface area contributed by atoms with Crippen LogP contribution in [0.15, 0.2) is 63.5 Å². The van der Waals surface area contributed by atoms with Gasteiger partial charge in [-0.3, -0.25) is 58.1 Å². The number of carboxylic acid groups (broad SMARTS) is 1. The molecule has 3 saturated heterocycles. The highest BCUT2D eigenvalue weighted by molar-refractivity contribution is 14.1. The molecule has 1 aliphatic carbocycles. The van der Waals surface area contributed by atoms with Gasteiger partial charge in [0.15, 0.2) is 17.9 Å². The summed E-state index contributed by atoms with van der Waals surface area (Å²) in [5.74, 6) is -8.33. The van der Waals surface area contributed by atoms with Gasteiger partial charge in [0.25, 0.3) is 5.91 Å². The van der Waals surface area contributed by atoms with Crippen molar-refractivity contribution in [2.24, 2.45) is 55.3 Å². The molecule has 5 aliphatic rings. The van der Waals surface area contributed by atoms with E-state index in [4.69, 9.17) is 34.4 Å². The zero-order valence-corrected chi connectivity index (χ0v) is 52.8. The fourth-order valence-electron chi connectivity index (χ4n) is 12.7. The van der Waals surface area contributed by atoms with Gasteiger partial charge in [-0.25, -0.2) is 4.79 Å². The van der Waals surface area contributed by atoms with Crippen LogP contribution in [0.1, 0.15) is 111 Å². The summed E-state index contributed by atoms with van der Waals surface area (Å²) < 4.78 is 0.877. The molecule has 496 valence electrons. The minimum Gasteiger partial charge on any atom is -0.480 e. The molecule has 0 radical (unpaired) electrons. The van der Waals surface area contributed by atoms with E-state index < -0.39 is 133 Å². The van der Waals surface area contributed by atoms with Crippen LogP contribution in [-0.2, 0) is 56.1 Å². The Balaban J connectivity index is 1.02. The van der Waals surface area contributed by atoms with Crippen LogP contribution in [0.2, 0.25) is 0 Å². The van der Waals surface area contributed by atoms with Gasteiger partial charge in [-0.2, -0.15) is 0 Å². The molecule has 11 atom stereocenters. The second kappa shape index (κ2) is 33.1. The maximum absolute atomic E-state index is 15.2. The molecule has 20 N–H and O–H groups in total. The van der Waals surface area contributed by atoms with Crippen LogP contribution in [0.5, 0.6) is 0 Å². The van der Waals surface area contributed by atoms with E-state index in [-0.39, 0.29) is 133 Å². The van der Waals surface area contributed by atoms with Crippen LogP contribution in [0, 0.1) is 9.49 Å². The number of aliphatic hydroxyl groups excluding tert-OH is 2. The zero-order valence-electron chi connectivity index (χ0n) is 50.6. The number of carbonyl (C=O) groups is 10. The van der Waals surface area contributed by atoms with Crippen LogP contribution < -0.4 is 61.0 Å². The maximum atomic E-state index is 15.2. The number of aliphatic hydroxyl groups is 2. The quantitative estimate of drug-likeness (QED) is 0.0169. The SMILES string of the molecule is NC(N)=NCCC[C@H](NC(=O)[C@@H]1C[C@@H]2CCCC[C@@H]2N1C(=O)[C@H]1Cc2ccccc2CN1C(=O)[C@H](CO)NC(=O)CNC(=O)[C@@H]1C[C@@H](O)CN1C(=O)[C@@H]1CCCN1C(=O)[C@H](CCCN=C(N)N)NC(=O)[C@@H](CCCN=C(N)N)NC(=O)c1ccc(I)cc1)C(=O)O. The minimum atomic E-state index is -1.64. The Bertz CT molecular complexity index is 3070. The van der Waals surface area contributed by atoms with Gasteiger partial charge >= 0.3 is 5.97 Å². The van der Waals surface area contributed by atoms with E-state index in [1.807, 2.05) is 6.07 Å². The van der Waals surface area contributed by atoms with Crippen LogP contribution in [0.25, 0.3) is 0 Å². The number of aliphatic carboxylic acids is 1. The highest BCUT2D eigenvalue weighted by Gasteiger charge is 2.52. The third-order valence-corrected chi connectivity index (χ3v) is 17.9. The molecule has 0 bridgehead atoms. The van der Waals surface area contributed by atoms with E-state index >= 15 is 4.79 Å². The molecule has 2 aromatic rings. The summed E-state index contributed by atoms with van der Waals surface area (Å²) in [5, 5.41) is 44.9. The van der Waals surface area contributed by atoms with Gasteiger partial charge in [0.1, 0.15) is 48.3 Å². The molecular weight excluding hydrogens is 1300 g/mol. The lowest BCUT2D eigenvalue weighted by molar-refractivity contribution is -0.153. The van der Waals surface area contributed by atoms with E-state index in [0.717, 1.165) is 33.3 Å². The number of nitrogens with zero attached hydrogens (tertiary/aromatic N) is 7.